The van der Waals surface area contributed by atoms with E-state index in [0.29, 0.717) is 12.0 Å². The van der Waals surface area contributed by atoms with Crippen molar-refractivity contribution in [3.63, 3.8) is 0 Å². The van der Waals surface area contributed by atoms with E-state index in [9.17, 15) is 9.18 Å². The zero-order valence-electron chi connectivity index (χ0n) is 14.1. The van der Waals surface area contributed by atoms with Crippen LogP contribution in [0.25, 0.3) is 0 Å². The highest BCUT2D eigenvalue weighted by molar-refractivity contribution is 5.91. The van der Waals surface area contributed by atoms with E-state index in [1.54, 1.807) is 18.2 Å². The lowest BCUT2D eigenvalue weighted by Gasteiger charge is -2.49. The summed E-state index contributed by atoms with van der Waals surface area (Å²) in [6.07, 6.45) is 2.24. The van der Waals surface area contributed by atoms with E-state index in [0.717, 1.165) is 25.9 Å². The third kappa shape index (κ3) is 3.14. The van der Waals surface area contributed by atoms with Gasteiger partial charge in [0.15, 0.2) is 17.3 Å². The van der Waals surface area contributed by atoms with E-state index in [2.05, 4.69) is 17.1 Å². The van der Waals surface area contributed by atoms with E-state index < -0.39 is 5.82 Å². The summed E-state index contributed by atoms with van der Waals surface area (Å²) in [5.74, 6) is 0.120. The Morgan fingerprint density at radius 2 is 2.00 bits per heavy atom. The molecule has 2 aromatic rings. The Labute approximate surface area is 145 Å². The Hall–Kier alpha value is -2.34. The smallest absolute Gasteiger partial charge is 0.290 e. The van der Waals surface area contributed by atoms with Gasteiger partial charge in [-0.3, -0.25) is 9.69 Å². The van der Waals surface area contributed by atoms with Crippen molar-refractivity contribution in [1.29, 1.82) is 0 Å². The van der Waals surface area contributed by atoms with Crippen LogP contribution in [0.5, 0.6) is 11.7 Å². The van der Waals surface area contributed by atoms with Crippen molar-refractivity contribution in [2.75, 3.05) is 13.1 Å². The fourth-order valence-corrected chi connectivity index (χ4v) is 3.90. The second-order valence-corrected chi connectivity index (χ2v) is 6.76. The van der Waals surface area contributed by atoms with Crippen LogP contribution >= 0.6 is 0 Å². The molecule has 6 heteroatoms. The average Bonchev–Trinajstić information content (AvgIpc) is 3.09. The summed E-state index contributed by atoms with van der Waals surface area (Å²) in [5.41, 5.74) is 0. The molecule has 0 saturated carbocycles. The number of ether oxygens (including phenoxy) is 1. The van der Waals surface area contributed by atoms with Crippen LogP contribution in [0.4, 0.5) is 4.39 Å². The van der Waals surface area contributed by atoms with Crippen LogP contribution < -0.4 is 10.1 Å². The van der Waals surface area contributed by atoms with Crippen LogP contribution in [-0.2, 0) is 0 Å². The van der Waals surface area contributed by atoms with Gasteiger partial charge in [0.2, 0.25) is 0 Å². The van der Waals surface area contributed by atoms with Crippen molar-refractivity contribution < 1.29 is 18.3 Å². The zero-order chi connectivity index (χ0) is 17.4. The molecule has 25 heavy (non-hydrogen) atoms. The van der Waals surface area contributed by atoms with Gasteiger partial charge in [0, 0.05) is 18.2 Å². The molecule has 5 nitrogen and oxygen atoms in total. The van der Waals surface area contributed by atoms with Gasteiger partial charge in [-0.05, 0) is 57.0 Å². The SMILES string of the molecule is C[C@H]1[C@H](NC(=O)c2ccc(Oc3ccccc3F)o2)C2CCN1CC2. The maximum Gasteiger partial charge on any atom is 0.290 e. The van der Waals surface area contributed by atoms with Gasteiger partial charge in [-0.25, -0.2) is 4.39 Å². The second-order valence-electron chi connectivity index (χ2n) is 6.76. The summed E-state index contributed by atoms with van der Waals surface area (Å²) in [7, 11) is 0. The molecule has 1 aromatic carbocycles. The van der Waals surface area contributed by atoms with Gasteiger partial charge in [-0.1, -0.05) is 12.1 Å². The molecule has 0 spiro atoms. The van der Waals surface area contributed by atoms with Crippen molar-refractivity contribution in [2.45, 2.75) is 31.8 Å². The van der Waals surface area contributed by atoms with Gasteiger partial charge in [0.25, 0.3) is 11.9 Å². The molecule has 3 aliphatic rings. The van der Waals surface area contributed by atoms with Gasteiger partial charge in [-0.15, -0.1) is 0 Å². The number of hydrogen-bond donors (Lipinski definition) is 1. The first-order valence-corrected chi connectivity index (χ1v) is 8.69. The van der Waals surface area contributed by atoms with E-state index in [1.165, 1.54) is 18.2 Å². The molecule has 1 amide bonds. The molecule has 2 bridgehead atoms. The molecule has 3 fully saturated rings. The summed E-state index contributed by atoms with van der Waals surface area (Å²) in [4.78, 5) is 14.9. The molecule has 2 atom stereocenters. The molecule has 3 aliphatic heterocycles. The van der Waals surface area contributed by atoms with E-state index in [1.807, 2.05) is 0 Å². The highest BCUT2D eigenvalue weighted by Gasteiger charge is 2.40. The van der Waals surface area contributed by atoms with Crippen molar-refractivity contribution in [2.24, 2.45) is 5.92 Å². The predicted octanol–water partition coefficient (Wildman–Crippen LogP) is 3.42. The van der Waals surface area contributed by atoms with Crippen LogP contribution in [0.1, 0.15) is 30.3 Å². The first-order chi connectivity index (χ1) is 12.1. The zero-order valence-corrected chi connectivity index (χ0v) is 14.1. The number of amides is 1. The quantitative estimate of drug-likeness (QED) is 0.923. The number of carbonyl (C=O) groups is 1. The number of nitrogens with one attached hydrogen (secondary N) is 1. The van der Waals surface area contributed by atoms with Gasteiger partial charge in [0.05, 0.1) is 0 Å². The van der Waals surface area contributed by atoms with Crippen molar-refractivity contribution >= 4 is 5.91 Å². The maximum absolute atomic E-state index is 13.6. The minimum Gasteiger partial charge on any atom is -0.423 e. The Balaban J connectivity index is 1.43. The van der Waals surface area contributed by atoms with Crippen LogP contribution in [0.15, 0.2) is 40.8 Å². The molecule has 5 rings (SSSR count). The predicted molar refractivity (Wildman–Crippen MR) is 90.2 cm³/mol. The van der Waals surface area contributed by atoms with Crippen LogP contribution in [-0.4, -0.2) is 36.0 Å². The number of nitrogens with zero attached hydrogens (tertiary/aromatic N) is 1. The first-order valence-electron chi connectivity index (χ1n) is 8.69. The minimum atomic E-state index is -0.481. The van der Waals surface area contributed by atoms with Gasteiger partial charge < -0.3 is 14.5 Å². The number of carbonyl (C=O) groups excluding carboxylic acids is 1. The van der Waals surface area contributed by atoms with Crippen molar-refractivity contribution in [3.05, 3.63) is 48.0 Å². The van der Waals surface area contributed by atoms with Gasteiger partial charge in [-0.2, -0.15) is 0 Å². The lowest BCUT2D eigenvalue weighted by atomic mass is 9.79. The molecule has 3 saturated heterocycles. The van der Waals surface area contributed by atoms with Crippen LogP contribution in [0, 0.1) is 11.7 Å². The number of piperidine rings is 3. The topological polar surface area (TPSA) is 54.7 Å². The Kier molecular flexibility index (Phi) is 4.21. The van der Waals surface area contributed by atoms with Crippen LogP contribution in [0.2, 0.25) is 0 Å². The number of furan rings is 1. The standard InChI is InChI=1S/C19H21FN2O3/c1-12-18(13-8-10-22(12)11-9-13)21-19(23)16-6-7-17(25-16)24-15-5-3-2-4-14(15)20/h2-7,12-13,18H,8-11H2,1H3,(H,21,23)/t12-,18-/m0/s1. The molecular weight excluding hydrogens is 323 g/mol. The summed E-state index contributed by atoms with van der Waals surface area (Å²) >= 11 is 0. The van der Waals surface area contributed by atoms with E-state index >= 15 is 0 Å². The normalized spacial score (nSPS) is 27.9. The largest absolute Gasteiger partial charge is 0.423 e. The first kappa shape index (κ1) is 16.1. The summed E-state index contributed by atoms with van der Waals surface area (Å²) in [6.45, 7) is 4.38. The number of fused-ring (bicyclic) bond motifs is 3. The fourth-order valence-electron chi connectivity index (χ4n) is 3.90. The molecule has 132 valence electrons. The molecule has 4 heterocycles. The minimum absolute atomic E-state index is 0.0646. The highest BCUT2D eigenvalue weighted by Crippen LogP contribution is 2.32. The molecule has 0 unspecified atom stereocenters. The number of benzene rings is 1. The lowest BCUT2D eigenvalue weighted by Crippen LogP contribution is -2.62. The van der Waals surface area contributed by atoms with Gasteiger partial charge in [0.1, 0.15) is 0 Å². The van der Waals surface area contributed by atoms with E-state index in [4.69, 9.17) is 9.15 Å². The summed E-state index contributed by atoms with van der Waals surface area (Å²) < 4.78 is 24.4. The second kappa shape index (κ2) is 6.52. The molecule has 0 aliphatic carbocycles. The number of rotatable bonds is 4. The average molecular weight is 344 g/mol. The number of hydrogen-bond acceptors (Lipinski definition) is 4. The third-order valence-corrected chi connectivity index (χ3v) is 5.33. The molecular formula is C19H21FN2O3. The molecule has 1 N–H and O–H groups in total. The maximum atomic E-state index is 13.6. The summed E-state index contributed by atoms with van der Waals surface area (Å²) in [5, 5.41) is 3.10. The lowest BCUT2D eigenvalue weighted by molar-refractivity contribution is 0.0210. The number of para-hydroxylation sites is 1. The molecule has 0 radical (unpaired) electrons. The Morgan fingerprint density at radius 1 is 1.24 bits per heavy atom. The van der Waals surface area contributed by atoms with Crippen molar-refractivity contribution in [1.82, 2.24) is 10.2 Å². The van der Waals surface area contributed by atoms with Crippen LogP contribution in [0.3, 0.4) is 0 Å². The highest BCUT2D eigenvalue weighted by atomic mass is 19.1. The van der Waals surface area contributed by atoms with E-state index in [-0.39, 0.29) is 29.4 Å². The Morgan fingerprint density at radius 3 is 2.72 bits per heavy atom. The Bertz CT molecular complexity index is 766. The summed E-state index contributed by atoms with van der Waals surface area (Å²) in [6, 6.07) is 9.62. The number of halogens is 1. The van der Waals surface area contributed by atoms with Crippen molar-refractivity contribution in [3.8, 4) is 11.7 Å². The third-order valence-electron chi connectivity index (χ3n) is 5.33. The molecule has 1 aromatic heterocycles. The van der Waals surface area contributed by atoms with Gasteiger partial charge >= 0.3 is 0 Å². The monoisotopic (exact) mass is 344 g/mol. The fraction of sp³-hybridized carbons (Fsp3) is 0.421.